The van der Waals surface area contributed by atoms with Gasteiger partial charge in [0.1, 0.15) is 0 Å². The summed E-state index contributed by atoms with van der Waals surface area (Å²) in [5.74, 6) is 2.30. The molecule has 2 aliphatic heterocycles. The Hall–Kier alpha value is -2.18. The summed E-state index contributed by atoms with van der Waals surface area (Å²) in [5.41, 5.74) is 3.17. The molecule has 164 valence electrons. The Bertz CT molecular complexity index is 1070. The van der Waals surface area contributed by atoms with Gasteiger partial charge in [0.05, 0.1) is 6.04 Å². The first kappa shape index (κ1) is 19.5. The number of benzene rings is 1. The van der Waals surface area contributed by atoms with Gasteiger partial charge in [-0.1, -0.05) is 29.8 Å². The van der Waals surface area contributed by atoms with Crippen molar-refractivity contribution < 1.29 is 4.52 Å². The average Bonchev–Trinajstić information content (AvgIpc) is 3.41. The second-order valence-corrected chi connectivity index (χ2v) is 10.3. The van der Waals surface area contributed by atoms with Crippen LogP contribution < -0.4 is 0 Å². The van der Waals surface area contributed by atoms with Crippen molar-refractivity contribution >= 4 is 10.9 Å². The number of piperidine rings is 1. The average molecular weight is 420 g/mol. The molecular formula is C25H33N5O. The molecule has 1 saturated carbocycles. The molecule has 3 aromatic rings. The van der Waals surface area contributed by atoms with Gasteiger partial charge in [-0.25, -0.2) is 0 Å². The summed E-state index contributed by atoms with van der Waals surface area (Å²) in [5, 5.41) is 5.78. The Morgan fingerprint density at radius 1 is 1.13 bits per heavy atom. The molecule has 31 heavy (non-hydrogen) atoms. The summed E-state index contributed by atoms with van der Waals surface area (Å²) in [6.45, 7) is 4.53. The van der Waals surface area contributed by atoms with Crippen LogP contribution in [0.4, 0.5) is 0 Å². The van der Waals surface area contributed by atoms with Crippen LogP contribution in [0, 0.1) is 5.41 Å². The van der Waals surface area contributed by atoms with E-state index in [9.17, 15) is 0 Å². The third-order valence-electron chi connectivity index (χ3n) is 8.24. The van der Waals surface area contributed by atoms with Crippen molar-refractivity contribution in [3.63, 3.8) is 0 Å². The van der Waals surface area contributed by atoms with Crippen molar-refractivity contribution in [2.45, 2.75) is 57.0 Å². The van der Waals surface area contributed by atoms with E-state index in [1.54, 1.807) is 0 Å². The first-order valence-corrected chi connectivity index (χ1v) is 11.9. The molecule has 0 radical (unpaired) electrons. The fourth-order valence-electron chi connectivity index (χ4n) is 6.10. The van der Waals surface area contributed by atoms with Crippen LogP contribution in [0.1, 0.15) is 67.8 Å². The zero-order chi connectivity index (χ0) is 21.0. The van der Waals surface area contributed by atoms with Gasteiger partial charge in [-0.05, 0) is 69.3 Å². The van der Waals surface area contributed by atoms with E-state index in [2.05, 4.69) is 64.1 Å². The van der Waals surface area contributed by atoms with Crippen molar-refractivity contribution in [2.24, 2.45) is 12.5 Å². The fraction of sp³-hybridized carbons (Fsp3) is 0.600. The quantitative estimate of drug-likeness (QED) is 0.624. The molecule has 2 saturated heterocycles. The largest absolute Gasteiger partial charge is 0.350 e. The summed E-state index contributed by atoms with van der Waals surface area (Å²) < 4.78 is 7.89. The monoisotopic (exact) mass is 419 g/mol. The Labute approximate surface area is 184 Å². The van der Waals surface area contributed by atoms with Crippen molar-refractivity contribution in [3.8, 4) is 0 Å². The highest BCUT2D eigenvalue weighted by molar-refractivity contribution is 5.83. The second-order valence-electron chi connectivity index (χ2n) is 10.3. The van der Waals surface area contributed by atoms with Gasteiger partial charge in [-0.15, -0.1) is 0 Å². The number of aromatic nitrogens is 3. The predicted octanol–water partition coefficient (Wildman–Crippen LogP) is 4.49. The SMILES string of the molecule is CN1CC2(CCN(Cc3cn(C)c4ccccc34)CC2)CC1c1noc(C2CCC2)n1. The van der Waals surface area contributed by atoms with Gasteiger partial charge in [0.15, 0.2) is 5.82 Å². The Morgan fingerprint density at radius 2 is 1.94 bits per heavy atom. The Kier molecular flexibility index (Phi) is 4.69. The van der Waals surface area contributed by atoms with Crippen LogP contribution in [-0.4, -0.2) is 51.2 Å². The minimum Gasteiger partial charge on any atom is -0.350 e. The summed E-state index contributed by atoms with van der Waals surface area (Å²) in [6.07, 6.45) is 9.69. The lowest BCUT2D eigenvalue weighted by molar-refractivity contribution is 0.106. The van der Waals surface area contributed by atoms with Crippen LogP contribution in [0.15, 0.2) is 35.0 Å². The van der Waals surface area contributed by atoms with Crippen LogP contribution in [0.25, 0.3) is 10.9 Å². The van der Waals surface area contributed by atoms with Crippen LogP contribution in [0.3, 0.4) is 0 Å². The van der Waals surface area contributed by atoms with Crippen LogP contribution in [-0.2, 0) is 13.6 Å². The topological polar surface area (TPSA) is 50.3 Å². The Balaban J connectivity index is 1.11. The molecule has 6 nitrogen and oxygen atoms in total. The molecule has 1 spiro atoms. The van der Waals surface area contributed by atoms with E-state index in [1.165, 1.54) is 61.7 Å². The van der Waals surface area contributed by atoms with Crippen molar-refractivity contribution in [3.05, 3.63) is 47.7 Å². The zero-order valence-corrected chi connectivity index (χ0v) is 18.8. The lowest BCUT2D eigenvalue weighted by Gasteiger charge is -2.39. The van der Waals surface area contributed by atoms with E-state index in [-0.39, 0.29) is 0 Å². The molecular weight excluding hydrogens is 386 g/mol. The van der Waals surface area contributed by atoms with Crippen molar-refractivity contribution in [2.75, 3.05) is 26.7 Å². The summed E-state index contributed by atoms with van der Waals surface area (Å²) >= 11 is 0. The molecule has 3 aliphatic rings. The number of likely N-dealkylation sites (tertiary alicyclic amines) is 2. The summed E-state index contributed by atoms with van der Waals surface area (Å²) in [6, 6.07) is 9.06. The molecule has 0 bridgehead atoms. The minimum absolute atomic E-state index is 0.308. The molecule has 1 aromatic carbocycles. The van der Waals surface area contributed by atoms with Crippen LogP contribution >= 0.6 is 0 Å². The summed E-state index contributed by atoms with van der Waals surface area (Å²) in [7, 11) is 4.39. The van der Waals surface area contributed by atoms with Gasteiger partial charge >= 0.3 is 0 Å². The second kappa shape index (κ2) is 7.45. The third-order valence-corrected chi connectivity index (χ3v) is 8.24. The zero-order valence-electron chi connectivity index (χ0n) is 18.8. The molecule has 2 aromatic heterocycles. The minimum atomic E-state index is 0.308. The molecule has 3 fully saturated rings. The third kappa shape index (κ3) is 3.40. The highest BCUT2D eigenvalue weighted by Crippen LogP contribution is 2.48. The highest BCUT2D eigenvalue weighted by Gasteiger charge is 2.46. The molecule has 1 aliphatic carbocycles. The molecule has 6 heteroatoms. The van der Waals surface area contributed by atoms with Crippen molar-refractivity contribution in [1.29, 1.82) is 0 Å². The molecule has 1 unspecified atom stereocenters. The number of para-hydroxylation sites is 1. The maximum absolute atomic E-state index is 5.63. The molecule has 1 atom stereocenters. The Morgan fingerprint density at radius 3 is 2.71 bits per heavy atom. The van der Waals surface area contributed by atoms with Crippen LogP contribution in [0.2, 0.25) is 0 Å². The van der Waals surface area contributed by atoms with Crippen LogP contribution in [0.5, 0.6) is 0 Å². The maximum Gasteiger partial charge on any atom is 0.229 e. The highest BCUT2D eigenvalue weighted by atomic mass is 16.5. The van der Waals surface area contributed by atoms with Gasteiger partial charge < -0.3 is 9.09 Å². The van der Waals surface area contributed by atoms with E-state index < -0.39 is 0 Å². The molecule has 4 heterocycles. The lowest BCUT2D eigenvalue weighted by Crippen LogP contribution is -2.40. The number of hydrogen-bond acceptors (Lipinski definition) is 5. The number of fused-ring (bicyclic) bond motifs is 1. The van der Waals surface area contributed by atoms with Crippen molar-refractivity contribution in [1.82, 2.24) is 24.5 Å². The van der Waals surface area contributed by atoms with E-state index in [1.807, 2.05) is 0 Å². The van der Waals surface area contributed by atoms with E-state index in [0.29, 0.717) is 17.4 Å². The number of aryl methyl sites for hydroxylation is 1. The van der Waals surface area contributed by atoms with E-state index in [0.717, 1.165) is 31.2 Å². The fourth-order valence-corrected chi connectivity index (χ4v) is 6.10. The smallest absolute Gasteiger partial charge is 0.229 e. The normalized spacial score (nSPS) is 24.9. The molecule has 0 amide bonds. The predicted molar refractivity (Wildman–Crippen MR) is 121 cm³/mol. The van der Waals surface area contributed by atoms with Gasteiger partial charge in [-0.3, -0.25) is 9.80 Å². The van der Waals surface area contributed by atoms with E-state index >= 15 is 0 Å². The van der Waals surface area contributed by atoms with Gasteiger partial charge in [0.25, 0.3) is 0 Å². The lowest BCUT2D eigenvalue weighted by atomic mass is 9.76. The van der Waals surface area contributed by atoms with E-state index in [4.69, 9.17) is 9.51 Å². The first-order chi connectivity index (χ1) is 15.1. The number of hydrogen-bond donors (Lipinski definition) is 0. The number of nitrogens with zero attached hydrogens (tertiary/aromatic N) is 5. The first-order valence-electron chi connectivity index (χ1n) is 11.9. The van der Waals surface area contributed by atoms with Gasteiger partial charge in [-0.2, -0.15) is 4.98 Å². The number of rotatable bonds is 4. The van der Waals surface area contributed by atoms with Gasteiger partial charge in [0.2, 0.25) is 5.89 Å². The molecule has 6 rings (SSSR count). The standard InChI is InChI=1S/C25H33N5O/c1-28-15-19(20-8-3-4-9-21(20)28)16-30-12-10-25(11-13-30)14-22(29(2)17-25)23-26-24(31-27-23)18-6-5-7-18/h3-4,8-9,15,18,22H,5-7,10-14,16-17H2,1-2H3. The van der Waals surface area contributed by atoms with Gasteiger partial charge in [0, 0.05) is 43.2 Å². The maximum atomic E-state index is 5.63. The summed E-state index contributed by atoms with van der Waals surface area (Å²) in [4.78, 5) is 9.92. The molecule has 0 N–H and O–H groups in total.